The standard InChI is InChI=1S/C15H19FN2O/c1-18-12-6-7-15(18)14(9-17-19)13(8-12)10-2-4-11(16)5-3-10/h2-5,9,12-15,19H,6-8H2,1H3. The van der Waals surface area contributed by atoms with Gasteiger partial charge in [0.25, 0.3) is 0 Å². The molecule has 1 aromatic carbocycles. The molecular weight excluding hydrogens is 243 g/mol. The maximum absolute atomic E-state index is 13.1. The molecule has 3 nitrogen and oxygen atoms in total. The van der Waals surface area contributed by atoms with Crippen LogP contribution >= 0.6 is 0 Å². The van der Waals surface area contributed by atoms with Gasteiger partial charge in [0.15, 0.2) is 0 Å². The fraction of sp³-hybridized carbons (Fsp3) is 0.533. The van der Waals surface area contributed by atoms with E-state index in [2.05, 4.69) is 17.1 Å². The maximum atomic E-state index is 13.1. The van der Waals surface area contributed by atoms with Gasteiger partial charge in [0, 0.05) is 24.2 Å². The predicted octanol–water partition coefficient (Wildman–Crippen LogP) is 2.85. The molecule has 0 saturated carbocycles. The number of hydrogen-bond donors (Lipinski definition) is 1. The molecule has 2 saturated heterocycles. The Morgan fingerprint density at radius 1 is 1.32 bits per heavy atom. The summed E-state index contributed by atoms with van der Waals surface area (Å²) in [6.45, 7) is 0. The average molecular weight is 262 g/mol. The Hall–Kier alpha value is -1.42. The Bertz CT molecular complexity index is 474. The van der Waals surface area contributed by atoms with Gasteiger partial charge >= 0.3 is 0 Å². The summed E-state index contributed by atoms with van der Waals surface area (Å²) in [6.07, 6.45) is 5.07. The number of fused-ring (bicyclic) bond motifs is 2. The first kappa shape index (κ1) is 12.6. The Labute approximate surface area is 112 Å². The lowest BCUT2D eigenvalue weighted by Crippen LogP contribution is -2.46. The number of oxime groups is 1. The number of rotatable bonds is 2. The highest BCUT2D eigenvalue weighted by atomic mass is 19.1. The predicted molar refractivity (Wildman–Crippen MR) is 72.1 cm³/mol. The molecule has 2 aliphatic rings. The van der Waals surface area contributed by atoms with Gasteiger partial charge in [0.2, 0.25) is 0 Å². The summed E-state index contributed by atoms with van der Waals surface area (Å²) in [5.74, 6) is 0.330. The van der Waals surface area contributed by atoms with Crippen molar-refractivity contribution in [1.82, 2.24) is 4.90 Å². The van der Waals surface area contributed by atoms with Crippen LogP contribution in [-0.4, -0.2) is 35.5 Å². The molecule has 0 amide bonds. The van der Waals surface area contributed by atoms with Crippen LogP contribution in [0.1, 0.15) is 30.7 Å². The van der Waals surface area contributed by atoms with E-state index in [0.717, 1.165) is 18.4 Å². The van der Waals surface area contributed by atoms with Crippen molar-refractivity contribution >= 4 is 6.21 Å². The summed E-state index contributed by atoms with van der Waals surface area (Å²) in [6, 6.07) is 7.80. The number of halogens is 1. The van der Waals surface area contributed by atoms with Crippen LogP contribution in [0.3, 0.4) is 0 Å². The summed E-state index contributed by atoms with van der Waals surface area (Å²) in [5, 5.41) is 12.2. The van der Waals surface area contributed by atoms with Crippen molar-refractivity contribution in [3.05, 3.63) is 35.6 Å². The quantitative estimate of drug-likeness (QED) is 0.505. The van der Waals surface area contributed by atoms with Gasteiger partial charge in [-0.2, -0.15) is 0 Å². The molecule has 4 heteroatoms. The van der Waals surface area contributed by atoms with Crippen LogP contribution < -0.4 is 0 Å². The highest BCUT2D eigenvalue weighted by Crippen LogP contribution is 2.45. The molecule has 0 aromatic heterocycles. The maximum Gasteiger partial charge on any atom is 0.123 e. The zero-order valence-corrected chi connectivity index (χ0v) is 11.0. The van der Waals surface area contributed by atoms with E-state index >= 15 is 0 Å². The molecule has 1 N–H and O–H groups in total. The highest BCUT2D eigenvalue weighted by Gasteiger charge is 2.45. The van der Waals surface area contributed by atoms with Gasteiger partial charge in [-0.3, -0.25) is 4.90 Å². The molecular formula is C15H19FN2O. The molecule has 0 spiro atoms. The molecule has 3 rings (SSSR count). The second-order valence-corrected chi connectivity index (χ2v) is 5.70. The minimum Gasteiger partial charge on any atom is -0.411 e. The molecule has 0 radical (unpaired) electrons. The van der Waals surface area contributed by atoms with E-state index in [1.807, 2.05) is 12.1 Å². The number of nitrogens with zero attached hydrogens (tertiary/aromatic N) is 2. The number of benzene rings is 1. The summed E-state index contributed by atoms with van der Waals surface area (Å²) in [4.78, 5) is 2.41. The van der Waals surface area contributed by atoms with Crippen molar-refractivity contribution in [3.8, 4) is 0 Å². The van der Waals surface area contributed by atoms with E-state index in [0.29, 0.717) is 18.0 Å². The van der Waals surface area contributed by atoms with Gasteiger partial charge in [0.1, 0.15) is 5.82 Å². The minimum atomic E-state index is -0.202. The third-order valence-electron chi connectivity index (χ3n) is 4.87. The Balaban J connectivity index is 1.93. The van der Waals surface area contributed by atoms with E-state index in [4.69, 9.17) is 5.21 Å². The Morgan fingerprint density at radius 3 is 2.74 bits per heavy atom. The summed E-state index contributed by atoms with van der Waals surface area (Å²) < 4.78 is 13.1. The molecule has 0 aliphatic carbocycles. The van der Waals surface area contributed by atoms with Gasteiger partial charge in [-0.15, -0.1) is 5.16 Å². The third kappa shape index (κ3) is 2.14. The van der Waals surface area contributed by atoms with Crippen LogP contribution in [0.15, 0.2) is 29.4 Å². The largest absolute Gasteiger partial charge is 0.411 e. The monoisotopic (exact) mass is 262 g/mol. The lowest BCUT2D eigenvalue weighted by Gasteiger charge is -2.41. The smallest absolute Gasteiger partial charge is 0.123 e. The molecule has 102 valence electrons. The van der Waals surface area contributed by atoms with Gasteiger partial charge in [0.05, 0.1) is 0 Å². The van der Waals surface area contributed by atoms with Crippen molar-refractivity contribution in [3.63, 3.8) is 0 Å². The molecule has 4 atom stereocenters. The molecule has 1 aromatic rings. The van der Waals surface area contributed by atoms with Crippen molar-refractivity contribution in [1.29, 1.82) is 0 Å². The fourth-order valence-electron chi connectivity index (χ4n) is 3.86. The van der Waals surface area contributed by atoms with Crippen LogP contribution in [0, 0.1) is 11.7 Å². The highest BCUT2D eigenvalue weighted by molar-refractivity contribution is 5.63. The van der Waals surface area contributed by atoms with Crippen molar-refractivity contribution < 1.29 is 9.60 Å². The summed E-state index contributed by atoms with van der Waals surface area (Å²) in [5.41, 5.74) is 1.15. The molecule has 2 fully saturated rings. The topological polar surface area (TPSA) is 35.8 Å². The van der Waals surface area contributed by atoms with Crippen molar-refractivity contribution in [2.75, 3.05) is 7.05 Å². The lowest BCUT2D eigenvalue weighted by atomic mass is 9.77. The van der Waals surface area contributed by atoms with Gasteiger partial charge in [-0.05, 0) is 49.9 Å². The average Bonchev–Trinajstić information content (AvgIpc) is 2.65. The van der Waals surface area contributed by atoms with Gasteiger partial charge < -0.3 is 5.21 Å². The first-order chi connectivity index (χ1) is 9.20. The van der Waals surface area contributed by atoms with E-state index in [1.54, 1.807) is 6.21 Å². The number of piperidine rings is 1. The second kappa shape index (κ2) is 4.93. The Morgan fingerprint density at radius 2 is 2.05 bits per heavy atom. The third-order valence-corrected chi connectivity index (χ3v) is 4.87. The molecule has 19 heavy (non-hydrogen) atoms. The number of hydrogen-bond acceptors (Lipinski definition) is 3. The summed E-state index contributed by atoms with van der Waals surface area (Å²) >= 11 is 0. The van der Waals surface area contributed by atoms with Crippen LogP contribution in [0.25, 0.3) is 0 Å². The zero-order chi connectivity index (χ0) is 13.4. The minimum absolute atomic E-state index is 0.202. The first-order valence-corrected chi connectivity index (χ1v) is 6.85. The molecule has 2 aliphatic heterocycles. The lowest BCUT2D eigenvalue weighted by molar-refractivity contribution is 0.133. The SMILES string of the molecule is CN1C2CCC1C(C=NO)C(c1ccc(F)cc1)C2. The van der Waals surface area contributed by atoms with Crippen LogP contribution in [0.4, 0.5) is 4.39 Å². The van der Waals surface area contributed by atoms with E-state index in [9.17, 15) is 4.39 Å². The summed E-state index contributed by atoms with van der Waals surface area (Å²) in [7, 11) is 2.15. The zero-order valence-electron chi connectivity index (χ0n) is 11.0. The molecule has 2 heterocycles. The van der Waals surface area contributed by atoms with Crippen LogP contribution in [0.2, 0.25) is 0 Å². The van der Waals surface area contributed by atoms with Gasteiger partial charge in [-0.25, -0.2) is 4.39 Å². The second-order valence-electron chi connectivity index (χ2n) is 5.70. The fourth-order valence-corrected chi connectivity index (χ4v) is 3.86. The Kier molecular flexibility index (Phi) is 3.27. The van der Waals surface area contributed by atoms with Crippen molar-refractivity contribution in [2.24, 2.45) is 11.1 Å². The van der Waals surface area contributed by atoms with E-state index < -0.39 is 0 Å². The van der Waals surface area contributed by atoms with Crippen LogP contribution in [-0.2, 0) is 0 Å². The van der Waals surface area contributed by atoms with Crippen LogP contribution in [0.5, 0.6) is 0 Å². The molecule has 2 bridgehead atoms. The van der Waals surface area contributed by atoms with Crippen molar-refractivity contribution in [2.45, 2.75) is 37.3 Å². The normalized spacial score (nSPS) is 35.1. The van der Waals surface area contributed by atoms with Gasteiger partial charge in [-0.1, -0.05) is 12.1 Å². The first-order valence-electron chi connectivity index (χ1n) is 6.85. The van der Waals surface area contributed by atoms with E-state index in [1.165, 1.54) is 18.6 Å². The van der Waals surface area contributed by atoms with E-state index in [-0.39, 0.29) is 11.7 Å². The molecule has 4 unspecified atom stereocenters.